The third-order valence-electron chi connectivity index (χ3n) is 4.94. The highest BCUT2D eigenvalue weighted by Gasteiger charge is 2.23. The molecule has 2 rings (SSSR count). The Morgan fingerprint density at radius 1 is 1.22 bits per heavy atom. The zero-order valence-electron chi connectivity index (χ0n) is 16.2. The van der Waals surface area contributed by atoms with E-state index in [-0.39, 0.29) is 11.8 Å². The molecule has 0 radical (unpaired) electrons. The van der Waals surface area contributed by atoms with Crippen molar-refractivity contribution in [3.63, 3.8) is 0 Å². The molecule has 0 bridgehead atoms. The molecule has 1 heterocycles. The first-order chi connectivity index (χ1) is 13.0. The average Bonchev–Trinajstić information content (AvgIpc) is 2.69. The summed E-state index contributed by atoms with van der Waals surface area (Å²) in [5, 5.41) is 5.95. The fourth-order valence-corrected chi connectivity index (χ4v) is 4.18. The van der Waals surface area contributed by atoms with Crippen LogP contribution in [0.25, 0.3) is 0 Å². The molecule has 2 N–H and O–H groups in total. The Balaban J connectivity index is 1.92. The Labute approximate surface area is 175 Å². The van der Waals surface area contributed by atoms with Gasteiger partial charge in [0.25, 0.3) is 5.91 Å². The summed E-state index contributed by atoms with van der Waals surface area (Å²) in [5.41, 5.74) is 0.543. The van der Waals surface area contributed by atoms with Gasteiger partial charge in [-0.05, 0) is 79.3 Å². The van der Waals surface area contributed by atoms with Gasteiger partial charge in [0, 0.05) is 17.1 Å². The third kappa shape index (κ3) is 7.12. The molecule has 27 heavy (non-hydrogen) atoms. The molecular weight excluding hydrogens is 426 g/mol. The van der Waals surface area contributed by atoms with E-state index < -0.39 is 6.04 Å². The number of carbonyl (C=O) groups is 2. The predicted molar refractivity (Wildman–Crippen MR) is 116 cm³/mol. The van der Waals surface area contributed by atoms with Crippen molar-refractivity contribution in [3.05, 3.63) is 34.3 Å². The Bertz CT molecular complexity index is 623. The molecular formula is C20H30BrN3O2S. The number of amides is 2. The summed E-state index contributed by atoms with van der Waals surface area (Å²) in [4.78, 5) is 27.7. The number of benzene rings is 1. The Hall–Kier alpha value is -1.05. The standard InChI is InChI=1S/C20H30BrN3O2S/c1-15(24-11-6-3-7-12-24)14-22-20(26)18(10-13-27-2)23-19(25)16-8-4-5-9-17(16)21/h4-5,8-9,15,18H,3,6-7,10-14H2,1-2H3,(H,22,26)(H,23,25)/t15-,18+/m1/s1. The van der Waals surface area contributed by atoms with Crippen molar-refractivity contribution in [1.29, 1.82) is 0 Å². The first-order valence-corrected chi connectivity index (χ1v) is 11.8. The van der Waals surface area contributed by atoms with Crippen molar-refractivity contribution in [2.24, 2.45) is 0 Å². The van der Waals surface area contributed by atoms with E-state index in [4.69, 9.17) is 0 Å². The van der Waals surface area contributed by atoms with Crippen LogP contribution in [0, 0.1) is 0 Å². The maximum Gasteiger partial charge on any atom is 0.253 e. The fourth-order valence-electron chi connectivity index (χ4n) is 3.25. The zero-order chi connectivity index (χ0) is 19.6. The maximum atomic E-state index is 12.7. The van der Waals surface area contributed by atoms with Crippen LogP contribution >= 0.6 is 27.7 Å². The molecule has 1 aliphatic rings. The van der Waals surface area contributed by atoms with Gasteiger partial charge in [-0.1, -0.05) is 18.6 Å². The van der Waals surface area contributed by atoms with E-state index in [1.54, 1.807) is 17.8 Å². The van der Waals surface area contributed by atoms with Crippen LogP contribution in [-0.2, 0) is 4.79 Å². The smallest absolute Gasteiger partial charge is 0.253 e. The van der Waals surface area contributed by atoms with Crippen LogP contribution in [0.4, 0.5) is 0 Å². The van der Waals surface area contributed by atoms with Crippen molar-refractivity contribution in [2.45, 2.75) is 44.7 Å². The SMILES string of the molecule is CSCC[C@H](NC(=O)c1ccccc1Br)C(=O)NC[C@@H](C)N1CCCCC1. The van der Waals surface area contributed by atoms with Crippen molar-refractivity contribution >= 4 is 39.5 Å². The number of nitrogens with zero attached hydrogens (tertiary/aromatic N) is 1. The van der Waals surface area contributed by atoms with E-state index in [1.165, 1.54) is 19.3 Å². The molecule has 0 aromatic heterocycles. The molecule has 1 aromatic rings. The van der Waals surface area contributed by atoms with E-state index in [0.717, 1.165) is 23.3 Å². The molecule has 2 amide bonds. The average molecular weight is 456 g/mol. The second-order valence-electron chi connectivity index (χ2n) is 6.98. The van der Waals surface area contributed by atoms with E-state index in [1.807, 2.05) is 24.5 Å². The lowest BCUT2D eigenvalue weighted by molar-refractivity contribution is -0.123. The Morgan fingerprint density at radius 2 is 1.93 bits per heavy atom. The highest BCUT2D eigenvalue weighted by Crippen LogP contribution is 2.16. The summed E-state index contributed by atoms with van der Waals surface area (Å²) in [7, 11) is 0. The topological polar surface area (TPSA) is 61.4 Å². The second-order valence-corrected chi connectivity index (χ2v) is 8.82. The van der Waals surface area contributed by atoms with Crippen molar-refractivity contribution < 1.29 is 9.59 Å². The number of piperidine rings is 1. The number of rotatable bonds is 9. The molecule has 150 valence electrons. The maximum absolute atomic E-state index is 12.7. The molecule has 1 aromatic carbocycles. The minimum Gasteiger partial charge on any atom is -0.353 e. The molecule has 0 saturated carbocycles. The van der Waals surface area contributed by atoms with Gasteiger partial charge in [-0.3, -0.25) is 14.5 Å². The highest BCUT2D eigenvalue weighted by atomic mass is 79.9. The number of carbonyl (C=O) groups excluding carboxylic acids is 2. The summed E-state index contributed by atoms with van der Waals surface area (Å²) in [6.45, 7) is 4.97. The van der Waals surface area contributed by atoms with Gasteiger partial charge in [0.1, 0.15) is 6.04 Å². The van der Waals surface area contributed by atoms with Crippen molar-refractivity contribution in [3.8, 4) is 0 Å². The fraction of sp³-hybridized carbons (Fsp3) is 0.600. The number of nitrogens with one attached hydrogen (secondary N) is 2. The van der Waals surface area contributed by atoms with Crippen LogP contribution in [0.1, 0.15) is 43.0 Å². The van der Waals surface area contributed by atoms with Crippen LogP contribution < -0.4 is 10.6 Å². The second kappa shape index (κ2) is 11.7. The first kappa shape index (κ1) is 22.2. The van der Waals surface area contributed by atoms with Crippen LogP contribution in [0.2, 0.25) is 0 Å². The number of thioether (sulfide) groups is 1. The lowest BCUT2D eigenvalue weighted by Crippen LogP contribution is -2.51. The lowest BCUT2D eigenvalue weighted by Gasteiger charge is -2.32. The summed E-state index contributed by atoms with van der Waals surface area (Å²) < 4.78 is 0.727. The molecule has 1 fully saturated rings. The monoisotopic (exact) mass is 455 g/mol. The normalized spacial score (nSPS) is 17.1. The molecule has 2 atom stereocenters. The van der Waals surface area contributed by atoms with E-state index in [9.17, 15) is 9.59 Å². The zero-order valence-corrected chi connectivity index (χ0v) is 18.6. The molecule has 0 unspecified atom stereocenters. The lowest BCUT2D eigenvalue weighted by atomic mass is 10.1. The van der Waals surface area contributed by atoms with Gasteiger partial charge < -0.3 is 10.6 Å². The predicted octanol–water partition coefficient (Wildman–Crippen LogP) is 3.29. The molecule has 0 aliphatic carbocycles. The summed E-state index contributed by atoms with van der Waals surface area (Å²) in [6, 6.07) is 7.05. The minimum absolute atomic E-state index is 0.103. The van der Waals surface area contributed by atoms with Gasteiger partial charge in [0.05, 0.1) is 5.56 Å². The summed E-state index contributed by atoms with van der Waals surface area (Å²) in [5.74, 6) is 0.483. The first-order valence-electron chi connectivity index (χ1n) is 9.59. The van der Waals surface area contributed by atoms with Crippen LogP contribution in [0.15, 0.2) is 28.7 Å². The largest absolute Gasteiger partial charge is 0.353 e. The van der Waals surface area contributed by atoms with Crippen LogP contribution in [-0.4, -0.2) is 60.4 Å². The summed E-state index contributed by atoms with van der Waals surface area (Å²) in [6.07, 6.45) is 6.38. The van der Waals surface area contributed by atoms with Crippen LogP contribution in [0.3, 0.4) is 0 Å². The minimum atomic E-state index is -0.523. The van der Waals surface area contributed by atoms with Gasteiger partial charge >= 0.3 is 0 Å². The van der Waals surface area contributed by atoms with E-state index in [0.29, 0.717) is 24.6 Å². The Kier molecular flexibility index (Phi) is 9.65. The number of hydrogen-bond donors (Lipinski definition) is 2. The quantitative estimate of drug-likeness (QED) is 0.599. The number of hydrogen-bond acceptors (Lipinski definition) is 4. The Morgan fingerprint density at radius 3 is 2.59 bits per heavy atom. The van der Waals surface area contributed by atoms with Gasteiger partial charge in [0.2, 0.25) is 5.91 Å². The third-order valence-corrected chi connectivity index (χ3v) is 6.27. The van der Waals surface area contributed by atoms with Gasteiger partial charge in [-0.25, -0.2) is 0 Å². The number of halogens is 1. The van der Waals surface area contributed by atoms with Gasteiger partial charge in [-0.15, -0.1) is 0 Å². The van der Waals surface area contributed by atoms with Crippen molar-refractivity contribution in [1.82, 2.24) is 15.5 Å². The molecule has 7 heteroatoms. The van der Waals surface area contributed by atoms with Gasteiger partial charge in [0.15, 0.2) is 0 Å². The highest BCUT2D eigenvalue weighted by molar-refractivity contribution is 9.10. The van der Waals surface area contributed by atoms with Crippen molar-refractivity contribution in [2.75, 3.05) is 31.6 Å². The summed E-state index contributed by atoms with van der Waals surface area (Å²) >= 11 is 5.07. The number of likely N-dealkylation sites (tertiary alicyclic amines) is 1. The van der Waals surface area contributed by atoms with Crippen LogP contribution in [0.5, 0.6) is 0 Å². The van der Waals surface area contributed by atoms with E-state index >= 15 is 0 Å². The molecule has 1 aliphatic heterocycles. The molecule has 5 nitrogen and oxygen atoms in total. The molecule has 0 spiro atoms. The van der Waals surface area contributed by atoms with Gasteiger partial charge in [-0.2, -0.15) is 11.8 Å². The molecule has 1 saturated heterocycles. The van der Waals surface area contributed by atoms with E-state index in [2.05, 4.69) is 38.4 Å².